The van der Waals surface area contributed by atoms with Crippen molar-refractivity contribution in [2.24, 2.45) is 0 Å². The Morgan fingerprint density at radius 2 is 1.50 bits per heavy atom. The Bertz CT molecular complexity index is 826. The van der Waals surface area contributed by atoms with Crippen molar-refractivity contribution in [2.75, 3.05) is 14.2 Å². The number of nitrogens with zero attached hydrogens (tertiary/aromatic N) is 1. The molecule has 1 heterocycles. The third-order valence-corrected chi connectivity index (χ3v) is 4.31. The largest absolute Gasteiger partial charge is 0.508 e. The number of amides is 2. The number of imide groups is 1. The van der Waals surface area contributed by atoms with Crippen LogP contribution in [0.2, 0.25) is 0 Å². The van der Waals surface area contributed by atoms with Crippen LogP contribution in [0.25, 0.3) is 0 Å². The Labute approximate surface area is 149 Å². The molecule has 7 heteroatoms. The van der Waals surface area contributed by atoms with Crippen LogP contribution in [0.5, 0.6) is 5.75 Å². The van der Waals surface area contributed by atoms with Crippen LogP contribution >= 0.6 is 0 Å². The van der Waals surface area contributed by atoms with Crippen molar-refractivity contribution in [3.8, 4) is 5.75 Å². The van der Waals surface area contributed by atoms with Crippen LogP contribution in [0, 0.1) is 0 Å². The van der Waals surface area contributed by atoms with Gasteiger partial charge in [-0.1, -0.05) is 24.3 Å². The molecular weight excluding hydrogens is 338 g/mol. The van der Waals surface area contributed by atoms with Crippen molar-refractivity contribution < 1.29 is 29.0 Å². The normalized spacial score (nSPS) is 15.5. The number of ether oxygens (including phenoxy) is 2. The summed E-state index contributed by atoms with van der Waals surface area (Å²) < 4.78 is 10.3. The molecule has 0 spiro atoms. The minimum atomic E-state index is -1.30. The fourth-order valence-electron chi connectivity index (χ4n) is 3.06. The van der Waals surface area contributed by atoms with Gasteiger partial charge in [-0.3, -0.25) is 14.5 Å². The van der Waals surface area contributed by atoms with Crippen LogP contribution in [-0.4, -0.2) is 48.1 Å². The molecule has 2 amide bonds. The molecule has 3 rings (SSSR count). The lowest BCUT2D eigenvalue weighted by molar-refractivity contribution is -0.150. The van der Waals surface area contributed by atoms with Gasteiger partial charge in [-0.15, -0.1) is 0 Å². The highest BCUT2D eigenvalue weighted by Gasteiger charge is 2.47. The SMILES string of the molecule is COC(=O)[C@H]([C@H](OC)c1ccc(O)cc1)N1C(=O)c2ccccc2C1=O. The van der Waals surface area contributed by atoms with Gasteiger partial charge in [0.15, 0.2) is 6.04 Å². The van der Waals surface area contributed by atoms with E-state index in [1.165, 1.54) is 38.5 Å². The molecular formula is C19H17NO6. The minimum Gasteiger partial charge on any atom is -0.508 e. The Balaban J connectivity index is 2.07. The van der Waals surface area contributed by atoms with Crippen molar-refractivity contribution in [1.82, 2.24) is 4.90 Å². The van der Waals surface area contributed by atoms with E-state index in [0.717, 1.165) is 4.90 Å². The van der Waals surface area contributed by atoms with E-state index in [1.807, 2.05) is 0 Å². The van der Waals surface area contributed by atoms with Gasteiger partial charge >= 0.3 is 5.97 Å². The van der Waals surface area contributed by atoms with Gasteiger partial charge in [0.2, 0.25) is 0 Å². The summed E-state index contributed by atoms with van der Waals surface area (Å²) in [7, 11) is 2.54. The first-order valence-corrected chi connectivity index (χ1v) is 7.86. The molecule has 134 valence electrons. The Morgan fingerprint density at radius 3 is 1.96 bits per heavy atom. The summed E-state index contributed by atoms with van der Waals surface area (Å²) in [5.74, 6) is -1.90. The zero-order chi connectivity index (χ0) is 18.8. The van der Waals surface area contributed by atoms with Crippen LogP contribution in [-0.2, 0) is 14.3 Å². The summed E-state index contributed by atoms with van der Waals surface area (Å²) in [6, 6.07) is 11.0. The van der Waals surface area contributed by atoms with Gasteiger partial charge in [0.25, 0.3) is 11.8 Å². The second kappa shape index (κ2) is 6.97. The number of benzene rings is 2. The fourth-order valence-corrected chi connectivity index (χ4v) is 3.06. The first-order chi connectivity index (χ1) is 12.5. The average Bonchev–Trinajstić information content (AvgIpc) is 2.91. The maximum absolute atomic E-state index is 12.8. The molecule has 0 bridgehead atoms. The molecule has 0 radical (unpaired) electrons. The monoisotopic (exact) mass is 355 g/mol. The van der Waals surface area contributed by atoms with Gasteiger partial charge < -0.3 is 14.6 Å². The molecule has 2 aromatic carbocycles. The third kappa shape index (κ3) is 2.82. The summed E-state index contributed by atoms with van der Waals surface area (Å²) in [5, 5.41) is 9.47. The molecule has 2 aromatic rings. The lowest BCUT2D eigenvalue weighted by Gasteiger charge is -2.30. The third-order valence-electron chi connectivity index (χ3n) is 4.31. The average molecular weight is 355 g/mol. The van der Waals surface area contributed by atoms with E-state index < -0.39 is 29.9 Å². The quantitative estimate of drug-likeness (QED) is 0.651. The van der Waals surface area contributed by atoms with Crippen LogP contribution in [0.4, 0.5) is 0 Å². The first kappa shape index (κ1) is 17.6. The summed E-state index contributed by atoms with van der Waals surface area (Å²) in [4.78, 5) is 38.9. The number of phenolic OH excluding ortho intramolecular Hbond substituents is 1. The smallest absolute Gasteiger partial charge is 0.332 e. The van der Waals surface area contributed by atoms with E-state index >= 15 is 0 Å². The van der Waals surface area contributed by atoms with Gasteiger partial charge in [-0.2, -0.15) is 0 Å². The summed E-state index contributed by atoms with van der Waals surface area (Å²) in [5.41, 5.74) is 0.969. The molecule has 2 atom stereocenters. The highest BCUT2D eigenvalue weighted by Crippen LogP contribution is 2.32. The number of carbonyl (C=O) groups is 3. The molecule has 0 fully saturated rings. The van der Waals surface area contributed by atoms with E-state index in [1.54, 1.807) is 24.3 Å². The van der Waals surface area contributed by atoms with E-state index in [9.17, 15) is 19.5 Å². The molecule has 0 aromatic heterocycles. The number of esters is 1. The Morgan fingerprint density at radius 1 is 0.962 bits per heavy atom. The van der Waals surface area contributed by atoms with E-state index in [-0.39, 0.29) is 16.9 Å². The number of fused-ring (bicyclic) bond motifs is 1. The van der Waals surface area contributed by atoms with Crippen molar-refractivity contribution in [3.05, 3.63) is 65.2 Å². The van der Waals surface area contributed by atoms with Gasteiger partial charge in [0.1, 0.15) is 11.9 Å². The van der Waals surface area contributed by atoms with Gasteiger partial charge in [-0.05, 0) is 29.8 Å². The Hall–Kier alpha value is -3.19. The highest BCUT2D eigenvalue weighted by atomic mass is 16.5. The number of carbonyl (C=O) groups excluding carboxylic acids is 3. The van der Waals surface area contributed by atoms with Crippen LogP contribution in [0.1, 0.15) is 32.4 Å². The maximum atomic E-state index is 12.8. The number of rotatable bonds is 5. The number of aromatic hydroxyl groups is 1. The van der Waals surface area contributed by atoms with Crippen molar-refractivity contribution in [2.45, 2.75) is 12.1 Å². The number of hydrogen-bond donors (Lipinski definition) is 1. The number of phenols is 1. The van der Waals surface area contributed by atoms with E-state index in [4.69, 9.17) is 9.47 Å². The van der Waals surface area contributed by atoms with Gasteiger partial charge in [-0.25, -0.2) is 4.79 Å². The molecule has 0 saturated carbocycles. The second-order valence-electron chi connectivity index (χ2n) is 5.74. The van der Waals surface area contributed by atoms with Crippen molar-refractivity contribution in [3.63, 3.8) is 0 Å². The summed E-state index contributed by atoms with van der Waals surface area (Å²) >= 11 is 0. The molecule has 7 nitrogen and oxygen atoms in total. The van der Waals surface area contributed by atoms with E-state index in [2.05, 4.69) is 0 Å². The molecule has 26 heavy (non-hydrogen) atoms. The van der Waals surface area contributed by atoms with Crippen molar-refractivity contribution >= 4 is 17.8 Å². The molecule has 0 aliphatic carbocycles. The zero-order valence-corrected chi connectivity index (χ0v) is 14.2. The van der Waals surface area contributed by atoms with Gasteiger partial charge in [0, 0.05) is 7.11 Å². The molecule has 1 aliphatic rings. The predicted molar refractivity (Wildman–Crippen MR) is 90.6 cm³/mol. The summed E-state index contributed by atoms with van der Waals surface area (Å²) in [6.45, 7) is 0. The van der Waals surface area contributed by atoms with Crippen LogP contribution < -0.4 is 0 Å². The van der Waals surface area contributed by atoms with Crippen molar-refractivity contribution in [1.29, 1.82) is 0 Å². The number of hydrogen-bond acceptors (Lipinski definition) is 6. The topological polar surface area (TPSA) is 93.1 Å². The first-order valence-electron chi connectivity index (χ1n) is 7.86. The predicted octanol–water partition coefficient (Wildman–Crippen LogP) is 1.92. The highest BCUT2D eigenvalue weighted by molar-refractivity contribution is 6.22. The van der Waals surface area contributed by atoms with Gasteiger partial charge in [0.05, 0.1) is 18.2 Å². The fraction of sp³-hybridized carbons (Fsp3) is 0.211. The lowest BCUT2D eigenvalue weighted by Crippen LogP contribution is -2.49. The summed E-state index contributed by atoms with van der Waals surface area (Å²) in [6.07, 6.45) is -0.953. The molecule has 1 aliphatic heterocycles. The molecule has 0 saturated heterocycles. The lowest BCUT2D eigenvalue weighted by atomic mass is 10.0. The Kier molecular flexibility index (Phi) is 4.73. The second-order valence-corrected chi connectivity index (χ2v) is 5.74. The zero-order valence-electron chi connectivity index (χ0n) is 14.2. The van der Waals surface area contributed by atoms with E-state index in [0.29, 0.717) is 5.56 Å². The van der Waals surface area contributed by atoms with Crippen LogP contribution in [0.15, 0.2) is 48.5 Å². The molecule has 0 unspecified atom stereocenters. The standard InChI is InChI=1S/C19H17NO6/c1-25-16(11-7-9-12(21)10-8-11)15(19(24)26-2)20-17(22)13-5-3-4-6-14(13)18(20)23/h3-10,15-16,21H,1-2H3/t15-,16+/m0/s1. The number of methoxy groups -OCH3 is 2. The molecule has 1 N–H and O–H groups in total. The maximum Gasteiger partial charge on any atom is 0.332 e. The minimum absolute atomic E-state index is 0.0407. The van der Waals surface area contributed by atoms with Crippen LogP contribution in [0.3, 0.4) is 0 Å².